The van der Waals surface area contributed by atoms with Gasteiger partial charge in [0.15, 0.2) is 0 Å². The van der Waals surface area contributed by atoms with E-state index < -0.39 is 47.9 Å². The van der Waals surface area contributed by atoms with E-state index in [-0.39, 0.29) is 31.4 Å². The normalized spacial score (nSPS) is 14.2. The van der Waals surface area contributed by atoms with Crippen LogP contribution in [0.15, 0.2) is 42.5 Å². The van der Waals surface area contributed by atoms with Gasteiger partial charge in [-0.1, -0.05) is 51.0 Å². The Hall–Kier alpha value is -3.11. The van der Waals surface area contributed by atoms with Crippen LogP contribution in [0.4, 0.5) is 18.0 Å². The zero-order chi connectivity index (χ0) is 29.5. The fourth-order valence-electron chi connectivity index (χ4n) is 4.43. The first-order chi connectivity index (χ1) is 19.1. The van der Waals surface area contributed by atoms with E-state index in [1.807, 2.05) is 25.1 Å². The molecule has 0 heterocycles. The van der Waals surface area contributed by atoms with Crippen molar-refractivity contribution < 1.29 is 27.9 Å². The van der Waals surface area contributed by atoms with Crippen molar-refractivity contribution in [3.05, 3.63) is 70.8 Å². The van der Waals surface area contributed by atoms with Gasteiger partial charge in [0.1, 0.15) is 23.8 Å². The zero-order valence-corrected chi connectivity index (χ0v) is 23.6. The number of halogens is 3. The molecule has 10 heteroatoms. The third kappa shape index (κ3) is 12.0. The minimum absolute atomic E-state index is 0.0492. The second-order valence-electron chi connectivity index (χ2n) is 10.1. The molecule has 7 nitrogen and oxygen atoms in total. The Labute approximate surface area is 235 Å². The molecule has 222 valence electrons. The maximum Gasteiger partial charge on any atom is 0.315 e. The number of aliphatic hydroxyl groups is 1. The van der Waals surface area contributed by atoms with Crippen LogP contribution in [-0.2, 0) is 24.2 Å². The minimum Gasteiger partial charge on any atom is -0.390 e. The highest BCUT2D eigenvalue weighted by atomic mass is 19.1. The van der Waals surface area contributed by atoms with E-state index in [9.17, 15) is 27.9 Å². The van der Waals surface area contributed by atoms with Gasteiger partial charge in [-0.3, -0.25) is 4.79 Å². The molecular weight excluding hydrogens is 521 g/mol. The molecule has 4 atom stereocenters. The van der Waals surface area contributed by atoms with Gasteiger partial charge >= 0.3 is 6.03 Å². The van der Waals surface area contributed by atoms with Gasteiger partial charge in [-0.15, -0.1) is 0 Å². The third-order valence-electron chi connectivity index (χ3n) is 6.74. The first kappa shape index (κ1) is 33.1. The highest BCUT2D eigenvalue weighted by Gasteiger charge is 2.28. The third-order valence-corrected chi connectivity index (χ3v) is 6.74. The average molecular weight is 565 g/mol. The van der Waals surface area contributed by atoms with Crippen LogP contribution in [0.5, 0.6) is 0 Å². The smallest absolute Gasteiger partial charge is 0.315 e. The summed E-state index contributed by atoms with van der Waals surface area (Å²) in [5.41, 5.74) is 2.45. The van der Waals surface area contributed by atoms with Crippen molar-refractivity contribution in [1.29, 1.82) is 0 Å². The maximum absolute atomic E-state index is 14.3. The summed E-state index contributed by atoms with van der Waals surface area (Å²) in [4.78, 5) is 25.3. The summed E-state index contributed by atoms with van der Waals surface area (Å²) in [6.45, 7) is 4.57. The Kier molecular flexibility index (Phi) is 14.5. The van der Waals surface area contributed by atoms with Crippen molar-refractivity contribution >= 4 is 11.9 Å². The lowest BCUT2D eigenvalue weighted by molar-refractivity contribution is -0.124. The number of nitrogens with one attached hydrogen (secondary N) is 4. The summed E-state index contributed by atoms with van der Waals surface area (Å²) in [5.74, 6) is -2.17. The number of benzene rings is 2. The Bertz CT molecular complexity index is 1050. The summed E-state index contributed by atoms with van der Waals surface area (Å²) in [6.07, 6.45) is 0.623. The summed E-state index contributed by atoms with van der Waals surface area (Å²) < 4.78 is 42.1. The predicted molar refractivity (Wildman–Crippen MR) is 151 cm³/mol. The average Bonchev–Trinajstić information content (AvgIpc) is 2.92. The van der Waals surface area contributed by atoms with Crippen molar-refractivity contribution in [2.24, 2.45) is 0 Å². The van der Waals surface area contributed by atoms with Crippen molar-refractivity contribution in [2.75, 3.05) is 13.6 Å². The molecule has 5 N–H and O–H groups in total. The van der Waals surface area contributed by atoms with Gasteiger partial charge in [0, 0.05) is 26.2 Å². The number of hydrogen-bond acceptors (Lipinski definition) is 4. The van der Waals surface area contributed by atoms with Gasteiger partial charge in [0.2, 0.25) is 5.91 Å². The number of aryl methyl sites for hydroxylation is 1. The van der Waals surface area contributed by atoms with Crippen molar-refractivity contribution in [3.8, 4) is 0 Å². The molecule has 0 aromatic heterocycles. The van der Waals surface area contributed by atoms with Gasteiger partial charge in [-0.2, -0.15) is 0 Å². The standard InChI is InChI=1S/C30H43F3N4O3/c1-4-6-10-23(31)11-12-26(37-30(40)34-3)29(39)36-27(16-22-14-24(32)17-25(33)15-22)28(38)19-35-18-21-9-7-8-20(5-2)13-21/h7-9,13-15,17,23,26-28,35,38H,4-6,10-12,16,18-19H2,1-3H3,(H,36,39)(H2,34,37,40)/t23?,26-,27+,28-/m1/s1. The van der Waals surface area contributed by atoms with Crippen LogP contribution >= 0.6 is 0 Å². The first-order valence-corrected chi connectivity index (χ1v) is 14.0. The first-order valence-electron chi connectivity index (χ1n) is 14.0. The van der Waals surface area contributed by atoms with Crippen LogP contribution in [-0.4, -0.2) is 55.0 Å². The second kappa shape index (κ2) is 17.6. The van der Waals surface area contributed by atoms with Crippen LogP contribution in [0.25, 0.3) is 0 Å². The number of carbonyl (C=O) groups excluding carboxylic acids is 2. The Morgan fingerprint density at radius 3 is 2.27 bits per heavy atom. The van der Waals surface area contributed by atoms with Gasteiger partial charge < -0.3 is 26.4 Å². The SMILES string of the molecule is CCCCC(F)CC[C@@H](NC(=O)NC)C(=O)N[C@@H](Cc1cc(F)cc(F)c1)[C@H](O)CNCc1cccc(CC)c1. The fourth-order valence-corrected chi connectivity index (χ4v) is 4.43. The zero-order valence-electron chi connectivity index (χ0n) is 23.6. The molecule has 0 aliphatic rings. The molecule has 0 spiro atoms. The van der Waals surface area contributed by atoms with E-state index >= 15 is 0 Å². The van der Waals surface area contributed by atoms with Crippen LogP contribution in [0.1, 0.15) is 62.6 Å². The van der Waals surface area contributed by atoms with Crippen molar-refractivity contribution in [2.45, 2.75) is 89.7 Å². The van der Waals surface area contributed by atoms with Crippen LogP contribution in [0, 0.1) is 11.6 Å². The number of urea groups is 1. The molecule has 0 aliphatic heterocycles. The fraction of sp³-hybridized carbons (Fsp3) is 0.533. The summed E-state index contributed by atoms with van der Waals surface area (Å²) >= 11 is 0. The molecule has 40 heavy (non-hydrogen) atoms. The topological polar surface area (TPSA) is 102 Å². The predicted octanol–water partition coefficient (Wildman–Crippen LogP) is 4.31. The van der Waals surface area contributed by atoms with E-state index in [0.717, 1.165) is 43.0 Å². The molecular formula is C30H43F3N4O3. The molecule has 0 aliphatic carbocycles. The number of alkyl halides is 1. The van der Waals surface area contributed by atoms with Crippen LogP contribution < -0.4 is 21.3 Å². The lowest BCUT2D eigenvalue weighted by Crippen LogP contribution is -2.55. The minimum atomic E-state index is -1.14. The molecule has 2 aromatic carbocycles. The lowest BCUT2D eigenvalue weighted by Gasteiger charge is -2.28. The molecule has 2 rings (SSSR count). The molecule has 2 aromatic rings. The number of aliphatic hydroxyl groups excluding tert-OH is 1. The number of carbonyl (C=O) groups is 2. The van der Waals surface area contributed by atoms with E-state index in [0.29, 0.717) is 13.0 Å². The van der Waals surface area contributed by atoms with E-state index in [1.54, 1.807) is 0 Å². The highest BCUT2D eigenvalue weighted by molar-refractivity contribution is 5.87. The summed E-state index contributed by atoms with van der Waals surface area (Å²) in [7, 11) is 1.40. The highest BCUT2D eigenvalue weighted by Crippen LogP contribution is 2.15. The van der Waals surface area contributed by atoms with E-state index in [1.165, 1.54) is 12.6 Å². The van der Waals surface area contributed by atoms with Gasteiger partial charge in [-0.25, -0.2) is 18.0 Å². The Morgan fingerprint density at radius 2 is 1.62 bits per heavy atom. The monoisotopic (exact) mass is 564 g/mol. The van der Waals surface area contributed by atoms with E-state index in [4.69, 9.17) is 0 Å². The van der Waals surface area contributed by atoms with Gasteiger partial charge in [0.05, 0.1) is 12.1 Å². The molecule has 0 radical (unpaired) electrons. The van der Waals surface area contributed by atoms with Crippen molar-refractivity contribution in [1.82, 2.24) is 21.3 Å². The molecule has 0 fully saturated rings. The lowest BCUT2D eigenvalue weighted by atomic mass is 9.99. The molecule has 3 amide bonds. The van der Waals surface area contributed by atoms with Crippen LogP contribution in [0.3, 0.4) is 0 Å². The molecule has 0 saturated carbocycles. The number of unbranched alkanes of at least 4 members (excludes halogenated alkanes) is 1. The van der Waals surface area contributed by atoms with Crippen molar-refractivity contribution in [3.63, 3.8) is 0 Å². The maximum atomic E-state index is 14.3. The molecule has 1 unspecified atom stereocenters. The Balaban J connectivity index is 2.15. The quantitative estimate of drug-likeness (QED) is 0.198. The largest absolute Gasteiger partial charge is 0.390 e. The number of hydrogen-bond donors (Lipinski definition) is 5. The van der Waals surface area contributed by atoms with Gasteiger partial charge in [0.25, 0.3) is 0 Å². The second-order valence-corrected chi connectivity index (χ2v) is 10.1. The van der Waals surface area contributed by atoms with E-state index in [2.05, 4.69) is 34.3 Å². The molecule has 0 saturated heterocycles. The van der Waals surface area contributed by atoms with Gasteiger partial charge in [-0.05, 0) is 60.9 Å². The molecule has 0 bridgehead atoms. The summed E-state index contributed by atoms with van der Waals surface area (Å²) in [5, 5.41) is 21.9. The number of amides is 3. The number of rotatable bonds is 17. The summed E-state index contributed by atoms with van der Waals surface area (Å²) in [6, 6.07) is 8.40. The Morgan fingerprint density at radius 1 is 0.925 bits per heavy atom. The van der Waals surface area contributed by atoms with Crippen LogP contribution in [0.2, 0.25) is 0 Å².